The van der Waals surface area contributed by atoms with E-state index in [4.69, 9.17) is 23.2 Å². The summed E-state index contributed by atoms with van der Waals surface area (Å²) in [5.41, 5.74) is 2.14. The average Bonchev–Trinajstić information content (AvgIpc) is 2.47. The van der Waals surface area contributed by atoms with Crippen molar-refractivity contribution in [3.05, 3.63) is 74.1 Å². The number of hydrogen-bond donors (Lipinski definition) is 1. The summed E-state index contributed by atoms with van der Waals surface area (Å²) in [6, 6.07) is 12.6. The maximum Gasteiger partial charge on any atom is 0.274 e. The monoisotopic (exact) mass is 316 g/mol. The molecule has 1 aromatic heterocycles. The van der Waals surface area contributed by atoms with E-state index in [1.54, 1.807) is 30.4 Å². The number of nitrogens with zero attached hydrogens (tertiary/aromatic N) is 1. The molecule has 0 amide bonds. The number of nitrogens with one attached hydrogen (secondary N) is 1. The smallest absolute Gasteiger partial charge is 0.274 e. The number of H-pyrrole nitrogens is 1. The highest BCUT2D eigenvalue weighted by atomic mass is 35.5. The lowest BCUT2D eigenvalue weighted by molar-refractivity contribution is 1.19. The Labute approximate surface area is 130 Å². The highest BCUT2D eigenvalue weighted by molar-refractivity contribution is 6.37. The number of hydrogen-bond acceptors (Lipinski definition) is 2. The molecular weight excluding hydrogens is 307 g/mol. The largest absolute Gasteiger partial charge is 0.319 e. The van der Waals surface area contributed by atoms with Gasteiger partial charge in [0.25, 0.3) is 5.56 Å². The van der Waals surface area contributed by atoms with E-state index in [1.807, 2.05) is 24.3 Å². The van der Waals surface area contributed by atoms with E-state index in [0.717, 1.165) is 5.52 Å². The normalized spacial score (nSPS) is 11.3. The molecule has 0 bridgehead atoms. The Morgan fingerprint density at radius 2 is 1.67 bits per heavy atom. The quantitative estimate of drug-likeness (QED) is 0.761. The summed E-state index contributed by atoms with van der Waals surface area (Å²) in [4.78, 5) is 19.1. The van der Waals surface area contributed by atoms with E-state index >= 15 is 0 Å². The fraction of sp³-hybridized carbons (Fsp3) is 0. The van der Waals surface area contributed by atoms with Crippen LogP contribution in [-0.4, -0.2) is 9.97 Å². The van der Waals surface area contributed by atoms with Crippen LogP contribution < -0.4 is 5.56 Å². The summed E-state index contributed by atoms with van der Waals surface area (Å²) < 4.78 is 0. The van der Waals surface area contributed by atoms with Crippen molar-refractivity contribution in [3.8, 4) is 0 Å². The van der Waals surface area contributed by atoms with Crippen molar-refractivity contribution < 1.29 is 0 Å². The Bertz CT molecular complexity index is 880. The van der Waals surface area contributed by atoms with Gasteiger partial charge in [0.05, 0.1) is 11.0 Å². The van der Waals surface area contributed by atoms with Crippen LogP contribution in [-0.2, 0) is 0 Å². The summed E-state index contributed by atoms with van der Waals surface area (Å²) in [6.45, 7) is 0. The van der Waals surface area contributed by atoms with Gasteiger partial charge in [-0.1, -0.05) is 41.4 Å². The first kappa shape index (κ1) is 13.9. The van der Waals surface area contributed by atoms with Gasteiger partial charge in [0, 0.05) is 15.6 Å². The Morgan fingerprint density at radius 1 is 0.952 bits per heavy atom. The molecule has 3 aromatic rings. The SMILES string of the molecule is O=c1[nH]c2ccccc2nc1/C=C/c1c(Cl)cccc1Cl. The molecule has 0 fully saturated rings. The number of rotatable bonds is 2. The lowest BCUT2D eigenvalue weighted by Gasteiger charge is -2.01. The van der Waals surface area contributed by atoms with Crippen LogP contribution in [0.2, 0.25) is 10.0 Å². The molecule has 0 aliphatic carbocycles. The number of para-hydroxylation sites is 2. The lowest BCUT2D eigenvalue weighted by atomic mass is 10.2. The van der Waals surface area contributed by atoms with E-state index in [-0.39, 0.29) is 5.56 Å². The molecule has 0 aliphatic rings. The molecule has 21 heavy (non-hydrogen) atoms. The first-order valence-corrected chi connectivity index (χ1v) is 7.02. The Balaban J connectivity index is 2.07. The minimum atomic E-state index is -0.256. The molecule has 0 radical (unpaired) electrons. The summed E-state index contributed by atoms with van der Waals surface area (Å²) in [7, 11) is 0. The van der Waals surface area contributed by atoms with Crippen molar-refractivity contribution in [3.63, 3.8) is 0 Å². The Kier molecular flexibility index (Phi) is 3.78. The molecule has 0 spiro atoms. The summed E-state index contributed by atoms with van der Waals surface area (Å²) >= 11 is 12.2. The minimum Gasteiger partial charge on any atom is -0.319 e. The molecular formula is C16H10Cl2N2O. The third kappa shape index (κ3) is 2.84. The standard InChI is InChI=1S/C16H10Cl2N2O/c17-11-4-3-5-12(18)10(11)8-9-15-16(21)20-14-7-2-1-6-13(14)19-15/h1-9H,(H,20,21)/b9-8+. The van der Waals surface area contributed by atoms with Crippen molar-refractivity contribution in [1.82, 2.24) is 9.97 Å². The fourth-order valence-electron chi connectivity index (χ4n) is 1.99. The molecule has 1 heterocycles. The lowest BCUT2D eigenvalue weighted by Crippen LogP contribution is -2.11. The summed E-state index contributed by atoms with van der Waals surface area (Å²) in [5, 5.41) is 1.05. The molecule has 2 aromatic carbocycles. The summed E-state index contributed by atoms with van der Waals surface area (Å²) in [5.74, 6) is 0. The van der Waals surface area contributed by atoms with Crippen molar-refractivity contribution >= 4 is 46.4 Å². The van der Waals surface area contributed by atoms with Gasteiger partial charge in [-0.05, 0) is 36.4 Å². The van der Waals surface area contributed by atoms with Gasteiger partial charge in [0.1, 0.15) is 5.69 Å². The summed E-state index contributed by atoms with van der Waals surface area (Å²) in [6.07, 6.45) is 3.30. The van der Waals surface area contributed by atoms with Crippen LogP contribution in [0.4, 0.5) is 0 Å². The zero-order valence-electron chi connectivity index (χ0n) is 10.8. The Hall–Kier alpha value is -2.10. The molecule has 5 heteroatoms. The van der Waals surface area contributed by atoms with Crippen molar-refractivity contribution in [2.45, 2.75) is 0 Å². The zero-order chi connectivity index (χ0) is 14.8. The van der Waals surface area contributed by atoms with Crippen molar-refractivity contribution in [2.24, 2.45) is 0 Å². The van der Waals surface area contributed by atoms with Crippen LogP contribution in [0.25, 0.3) is 23.2 Å². The third-order valence-corrected chi connectivity index (χ3v) is 3.69. The van der Waals surface area contributed by atoms with Crippen LogP contribution in [0, 0.1) is 0 Å². The predicted octanol–water partition coefficient (Wildman–Crippen LogP) is 4.40. The molecule has 3 nitrogen and oxygen atoms in total. The van der Waals surface area contributed by atoms with Crippen LogP contribution in [0.3, 0.4) is 0 Å². The second-order valence-corrected chi connectivity index (χ2v) is 5.25. The van der Waals surface area contributed by atoms with Gasteiger partial charge in [0.2, 0.25) is 0 Å². The molecule has 0 atom stereocenters. The van der Waals surface area contributed by atoms with Gasteiger partial charge in [-0.2, -0.15) is 0 Å². The molecule has 1 N–H and O–H groups in total. The topological polar surface area (TPSA) is 45.8 Å². The van der Waals surface area contributed by atoms with E-state index in [0.29, 0.717) is 26.8 Å². The highest BCUT2D eigenvalue weighted by Crippen LogP contribution is 2.25. The predicted molar refractivity (Wildman–Crippen MR) is 87.8 cm³/mol. The zero-order valence-corrected chi connectivity index (χ0v) is 12.3. The maximum atomic E-state index is 12.0. The second kappa shape index (κ2) is 5.72. The number of benzene rings is 2. The van der Waals surface area contributed by atoms with Crippen LogP contribution in [0.15, 0.2) is 47.3 Å². The van der Waals surface area contributed by atoms with Gasteiger partial charge in [-0.15, -0.1) is 0 Å². The van der Waals surface area contributed by atoms with Crippen LogP contribution in [0.1, 0.15) is 11.3 Å². The van der Waals surface area contributed by atoms with E-state index in [2.05, 4.69) is 9.97 Å². The number of halogens is 2. The fourth-order valence-corrected chi connectivity index (χ4v) is 2.51. The van der Waals surface area contributed by atoms with Gasteiger partial charge >= 0.3 is 0 Å². The van der Waals surface area contributed by atoms with Gasteiger partial charge in [-0.3, -0.25) is 4.79 Å². The number of aromatic nitrogens is 2. The van der Waals surface area contributed by atoms with Crippen LogP contribution in [0.5, 0.6) is 0 Å². The maximum absolute atomic E-state index is 12.0. The van der Waals surface area contributed by atoms with E-state index in [1.165, 1.54) is 0 Å². The first-order valence-electron chi connectivity index (χ1n) is 6.26. The molecule has 0 unspecified atom stereocenters. The first-order chi connectivity index (χ1) is 10.1. The van der Waals surface area contributed by atoms with Gasteiger partial charge < -0.3 is 4.98 Å². The number of fused-ring (bicyclic) bond motifs is 1. The number of aromatic amines is 1. The highest BCUT2D eigenvalue weighted by Gasteiger charge is 2.04. The van der Waals surface area contributed by atoms with Crippen molar-refractivity contribution in [2.75, 3.05) is 0 Å². The van der Waals surface area contributed by atoms with Gasteiger partial charge in [0.15, 0.2) is 0 Å². The Morgan fingerprint density at radius 3 is 2.43 bits per heavy atom. The molecule has 0 saturated carbocycles. The minimum absolute atomic E-state index is 0.256. The molecule has 0 aliphatic heterocycles. The molecule has 0 saturated heterocycles. The van der Waals surface area contributed by atoms with Gasteiger partial charge in [-0.25, -0.2) is 4.98 Å². The average molecular weight is 317 g/mol. The van der Waals surface area contributed by atoms with Crippen molar-refractivity contribution in [1.29, 1.82) is 0 Å². The van der Waals surface area contributed by atoms with Crippen LogP contribution >= 0.6 is 23.2 Å². The second-order valence-electron chi connectivity index (χ2n) is 4.44. The van der Waals surface area contributed by atoms with E-state index < -0.39 is 0 Å². The third-order valence-electron chi connectivity index (χ3n) is 3.03. The molecule has 3 rings (SSSR count). The van der Waals surface area contributed by atoms with E-state index in [9.17, 15) is 4.79 Å². The molecule has 104 valence electrons.